The van der Waals surface area contributed by atoms with E-state index in [9.17, 15) is 4.79 Å². The summed E-state index contributed by atoms with van der Waals surface area (Å²) in [6.07, 6.45) is -0.515. The third kappa shape index (κ3) is 4.27. The number of rotatable bonds is 4. The van der Waals surface area contributed by atoms with Crippen LogP contribution in [0.5, 0.6) is 11.5 Å². The Hall–Kier alpha value is -3.80. The normalized spacial score (nSPS) is 11.9. The molecule has 6 nitrogen and oxygen atoms in total. The van der Waals surface area contributed by atoms with Gasteiger partial charge in [0, 0.05) is 19.3 Å². The lowest BCUT2D eigenvalue weighted by atomic mass is 10.1. The number of nitrogens with one attached hydrogen (secondary N) is 1. The summed E-state index contributed by atoms with van der Waals surface area (Å²) in [5, 5.41) is 2.79. The number of benzene rings is 3. The van der Waals surface area contributed by atoms with Crippen LogP contribution in [0, 0.1) is 0 Å². The Kier molecular flexibility index (Phi) is 5.66. The number of hydrogen-bond acceptors (Lipinski definition) is 5. The van der Waals surface area contributed by atoms with Crippen molar-refractivity contribution in [1.29, 1.82) is 0 Å². The summed E-state index contributed by atoms with van der Waals surface area (Å²) >= 11 is 0. The summed E-state index contributed by atoms with van der Waals surface area (Å²) < 4.78 is 11.4. The zero-order chi connectivity index (χ0) is 20.9. The predicted octanol–water partition coefficient (Wildman–Crippen LogP) is 5.57. The topological polar surface area (TPSA) is 63.2 Å². The van der Waals surface area contributed by atoms with Gasteiger partial charge in [-0.1, -0.05) is 42.5 Å². The lowest BCUT2D eigenvalue weighted by molar-refractivity contribution is 0.155. The number of hydrogen-bond donors (Lipinski definition) is 1. The van der Waals surface area contributed by atoms with Gasteiger partial charge in [-0.25, -0.2) is 9.79 Å². The van der Waals surface area contributed by atoms with Crippen LogP contribution in [-0.2, 0) is 11.3 Å². The first-order valence-electron chi connectivity index (χ1n) is 9.83. The molecule has 3 aromatic carbocycles. The van der Waals surface area contributed by atoms with Gasteiger partial charge in [-0.05, 0) is 42.8 Å². The first kappa shape index (κ1) is 19.5. The first-order chi connectivity index (χ1) is 14.6. The van der Waals surface area contributed by atoms with E-state index >= 15 is 0 Å². The molecule has 1 N–H and O–H groups in total. The number of nitrogens with zero attached hydrogens (tertiary/aromatic N) is 2. The fraction of sp³-hybridized carbons (Fsp3) is 0.167. The van der Waals surface area contributed by atoms with Crippen LogP contribution in [0.1, 0.15) is 18.1 Å². The first-order valence-corrected chi connectivity index (χ1v) is 9.83. The number of carbonyl (C=O) groups excluding carboxylic acids is 1. The maximum Gasteiger partial charge on any atom is 0.411 e. The molecule has 0 saturated carbocycles. The minimum atomic E-state index is -0.515. The Morgan fingerprint density at radius 3 is 2.60 bits per heavy atom. The molecule has 0 saturated heterocycles. The van der Waals surface area contributed by atoms with Crippen molar-refractivity contribution in [2.24, 2.45) is 4.99 Å². The summed E-state index contributed by atoms with van der Waals surface area (Å²) in [5.41, 5.74) is 3.11. The van der Waals surface area contributed by atoms with Crippen molar-refractivity contribution >= 4 is 23.3 Å². The highest BCUT2D eigenvalue weighted by Gasteiger charge is 2.21. The molecule has 0 atom stereocenters. The zero-order valence-corrected chi connectivity index (χ0v) is 17.0. The van der Waals surface area contributed by atoms with Gasteiger partial charge in [-0.15, -0.1) is 0 Å². The van der Waals surface area contributed by atoms with E-state index in [1.165, 1.54) is 0 Å². The van der Waals surface area contributed by atoms with Crippen LogP contribution in [0.4, 0.5) is 16.2 Å². The second kappa shape index (κ2) is 8.69. The van der Waals surface area contributed by atoms with Crippen molar-refractivity contribution in [3.63, 3.8) is 0 Å². The highest BCUT2D eigenvalue weighted by atomic mass is 16.5. The van der Waals surface area contributed by atoms with Gasteiger partial charge >= 0.3 is 6.09 Å². The molecule has 4 rings (SSSR count). The van der Waals surface area contributed by atoms with Crippen molar-refractivity contribution in [2.45, 2.75) is 13.5 Å². The Bertz CT molecular complexity index is 1080. The van der Waals surface area contributed by atoms with Crippen LogP contribution >= 0.6 is 0 Å². The summed E-state index contributed by atoms with van der Waals surface area (Å²) in [6, 6.07) is 22.7. The summed E-state index contributed by atoms with van der Waals surface area (Å²) in [5.74, 6) is 2.15. The SMILES string of the molecule is CCN(C)C1=Nc2ccccc2Oc2ccc(NC(=O)OCc3ccccc3)cc21. The van der Waals surface area contributed by atoms with Crippen LogP contribution in [0.3, 0.4) is 0 Å². The number of para-hydroxylation sites is 2. The average molecular weight is 401 g/mol. The lowest BCUT2D eigenvalue weighted by Crippen LogP contribution is -2.27. The second-order valence-corrected chi connectivity index (χ2v) is 6.92. The Morgan fingerprint density at radius 1 is 1.03 bits per heavy atom. The predicted molar refractivity (Wildman–Crippen MR) is 118 cm³/mol. The second-order valence-electron chi connectivity index (χ2n) is 6.92. The van der Waals surface area contributed by atoms with Gasteiger partial charge in [0.25, 0.3) is 0 Å². The molecule has 1 heterocycles. The molecule has 152 valence electrons. The van der Waals surface area contributed by atoms with Crippen molar-refractivity contribution in [3.05, 3.63) is 83.9 Å². The van der Waals surface area contributed by atoms with Gasteiger partial charge in [0.05, 0.1) is 5.56 Å². The van der Waals surface area contributed by atoms with Gasteiger partial charge in [0.1, 0.15) is 23.9 Å². The molecule has 6 heteroatoms. The molecule has 1 aliphatic rings. The van der Waals surface area contributed by atoms with Crippen molar-refractivity contribution in [2.75, 3.05) is 18.9 Å². The monoisotopic (exact) mass is 401 g/mol. The molecule has 3 aromatic rings. The van der Waals surface area contributed by atoms with E-state index in [4.69, 9.17) is 14.5 Å². The van der Waals surface area contributed by atoms with E-state index in [0.717, 1.165) is 29.2 Å². The molecule has 0 fully saturated rings. The van der Waals surface area contributed by atoms with Crippen molar-refractivity contribution in [3.8, 4) is 11.5 Å². The van der Waals surface area contributed by atoms with Crippen LogP contribution in [0.2, 0.25) is 0 Å². The molecule has 0 radical (unpaired) electrons. The zero-order valence-electron chi connectivity index (χ0n) is 17.0. The van der Waals surface area contributed by atoms with Gasteiger partial charge in [-0.3, -0.25) is 5.32 Å². The Labute approximate surface area is 175 Å². The quantitative estimate of drug-likeness (QED) is 0.621. The molecule has 0 spiro atoms. The largest absolute Gasteiger partial charge is 0.454 e. The maximum atomic E-state index is 12.3. The molecular weight excluding hydrogens is 378 g/mol. The molecule has 30 heavy (non-hydrogen) atoms. The summed E-state index contributed by atoms with van der Waals surface area (Å²) in [6.45, 7) is 3.04. The number of ether oxygens (including phenoxy) is 2. The molecular formula is C24H23N3O3. The number of amides is 1. The van der Waals surface area contributed by atoms with Crippen LogP contribution < -0.4 is 10.1 Å². The number of aliphatic imine (C=N–C) groups is 1. The number of amidine groups is 1. The number of fused-ring (bicyclic) bond motifs is 2. The minimum Gasteiger partial charge on any atom is -0.454 e. The molecule has 1 amide bonds. The van der Waals surface area contributed by atoms with Gasteiger partial charge in [0.2, 0.25) is 0 Å². The van der Waals surface area contributed by atoms with E-state index in [2.05, 4.69) is 12.2 Å². The summed E-state index contributed by atoms with van der Waals surface area (Å²) in [4.78, 5) is 19.1. The van der Waals surface area contributed by atoms with E-state index in [-0.39, 0.29) is 6.61 Å². The highest BCUT2D eigenvalue weighted by Crippen LogP contribution is 2.38. The maximum absolute atomic E-state index is 12.3. The van der Waals surface area contributed by atoms with E-state index in [1.807, 2.05) is 78.7 Å². The van der Waals surface area contributed by atoms with Crippen molar-refractivity contribution < 1.29 is 14.3 Å². The molecule has 0 bridgehead atoms. The third-order valence-electron chi connectivity index (χ3n) is 4.83. The van der Waals surface area contributed by atoms with Crippen LogP contribution in [-0.4, -0.2) is 30.4 Å². The van der Waals surface area contributed by atoms with Gasteiger partial charge in [-0.2, -0.15) is 0 Å². The third-order valence-corrected chi connectivity index (χ3v) is 4.83. The fourth-order valence-electron chi connectivity index (χ4n) is 3.12. The summed E-state index contributed by atoms with van der Waals surface area (Å²) in [7, 11) is 1.98. The highest BCUT2D eigenvalue weighted by molar-refractivity contribution is 6.04. The number of carbonyl (C=O) groups is 1. The Morgan fingerprint density at radius 2 is 1.80 bits per heavy atom. The molecule has 0 unspecified atom stereocenters. The smallest absolute Gasteiger partial charge is 0.411 e. The van der Waals surface area contributed by atoms with Crippen LogP contribution in [0.25, 0.3) is 0 Å². The van der Waals surface area contributed by atoms with Crippen molar-refractivity contribution in [1.82, 2.24) is 4.90 Å². The van der Waals surface area contributed by atoms with Gasteiger partial charge in [0.15, 0.2) is 5.75 Å². The van der Waals surface area contributed by atoms with E-state index in [0.29, 0.717) is 17.2 Å². The van der Waals surface area contributed by atoms with E-state index < -0.39 is 6.09 Å². The van der Waals surface area contributed by atoms with Gasteiger partial charge < -0.3 is 14.4 Å². The molecule has 0 aliphatic carbocycles. The molecule has 0 aromatic heterocycles. The average Bonchev–Trinajstić information content (AvgIpc) is 2.94. The van der Waals surface area contributed by atoms with E-state index in [1.54, 1.807) is 6.07 Å². The minimum absolute atomic E-state index is 0.210. The number of anilines is 1. The standard InChI is InChI=1S/C24H23N3O3/c1-3-27(2)23-19-15-18(25-24(28)29-16-17-9-5-4-6-10-17)13-14-21(19)30-22-12-8-7-11-20(22)26-23/h4-15H,3,16H2,1-2H3,(H,25,28). The molecule has 1 aliphatic heterocycles. The lowest BCUT2D eigenvalue weighted by Gasteiger charge is -2.20. The Balaban J connectivity index is 1.58. The van der Waals surface area contributed by atoms with Crippen LogP contribution in [0.15, 0.2) is 77.8 Å². The fourth-order valence-corrected chi connectivity index (χ4v) is 3.12.